The molecule has 0 aromatic rings. The minimum Gasteiger partial charge on any atom is -0.259 e. The molecule has 6 heteroatoms. The Balaban J connectivity index is 2.82. The first-order chi connectivity index (χ1) is 9.72. The lowest BCUT2D eigenvalue weighted by Gasteiger charge is -2.26. The lowest BCUT2D eigenvalue weighted by molar-refractivity contribution is 0.416. The van der Waals surface area contributed by atoms with Crippen molar-refractivity contribution in [2.75, 3.05) is 5.08 Å². The Morgan fingerprint density at radius 3 is 2.50 bits per heavy atom. The van der Waals surface area contributed by atoms with Crippen molar-refractivity contribution in [1.82, 2.24) is 0 Å². The first-order valence-electron chi connectivity index (χ1n) is 6.94. The third-order valence-corrected chi connectivity index (χ3v) is 6.22. The van der Waals surface area contributed by atoms with Crippen LogP contribution in [0, 0.1) is 10.7 Å². The van der Waals surface area contributed by atoms with Gasteiger partial charge in [0.25, 0.3) is 0 Å². The molecule has 0 amide bonds. The van der Waals surface area contributed by atoms with E-state index in [0.717, 1.165) is 54.1 Å². The summed E-state index contributed by atoms with van der Waals surface area (Å²) in [5.41, 5.74) is -0.342. The summed E-state index contributed by atoms with van der Waals surface area (Å²) in [6, 6.07) is 0. The van der Waals surface area contributed by atoms with Gasteiger partial charge in [-0.05, 0) is 24.6 Å². The van der Waals surface area contributed by atoms with Gasteiger partial charge >= 0.3 is 0 Å². The van der Waals surface area contributed by atoms with Crippen LogP contribution in [0.15, 0.2) is 16.2 Å². The van der Waals surface area contributed by atoms with E-state index in [1.807, 2.05) is 5.40 Å². The van der Waals surface area contributed by atoms with Crippen LogP contribution in [0.5, 0.6) is 0 Å². The smallest absolute Gasteiger partial charge is 0.134 e. The number of aliphatic imine (C=N–C) groups is 1. The fourth-order valence-corrected chi connectivity index (χ4v) is 5.08. The fourth-order valence-electron chi connectivity index (χ4n) is 2.16. The highest BCUT2D eigenvalue weighted by atomic mass is 32.2. The second-order valence-corrected chi connectivity index (χ2v) is 8.07. The van der Waals surface area contributed by atoms with Crippen molar-refractivity contribution in [3.63, 3.8) is 0 Å². The Kier molecular flexibility index (Phi) is 8.74. The minimum absolute atomic E-state index is 0.342. The second kappa shape index (κ2) is 9.75. The standard InChI is InChI=1S/C14H21FN2S3/c1-3-5-7-14(8-6-4-2)12(9-15)20-13(17-14)19-11-18-10-16/h9H,3-8,11H2,1-2H3. The molecule has 0 fully saturated rings. The van der Waals surface area contributed by atoms with Crippen LogP contribution >= 0.6 is 35.3 Å². The number of thiocyanates is 1. The molecule has 0 aromatic carbocycles. The minimum atomic E-state index is -0.342. The highest BCUT2D eigenvalue weighted by Gasteiger charge is 2.39. The van der Waals surface area contributed by atoms with E-state index in [4.69, 9.17) is 10.3 Å². The summed E-state index contributed by atoms with van der Waals surface area (Å²) in [5.74, 6) is 0. The average Bonchev–Trinajstić information content (AvgIpc) is 2.81. The summed E-state index contributed by atoms with van der Waals surface area (Å²) in [7, 11) is 0. The first kappa shape index (κ1) is 17.9. The summed E-state index contributed by atoms with van der Waals surface area (Å²) in [6.45, 7) is 4.30. The van der Waals surface area contributed by atoms with E-state index in [-0.39, 0.29) is 5.54 Å². The maximum atomic E-state index is 13.3. The molecule has 0 bridgehead atoms. The summed E-state index contributed by atoms with van der Waals surface area (Å²) in [5, 5.41) is 11.3. The molecular formula is C14H21FN2S3. The zero-order valence-electron chi connectivity index (χ0n) is 12.0. The highest BCUT2D eigenvalue weighted by Crippen LogP contribution is 2.48. The van der Waals surface area contributed by atoms with E-state index < -0.39 is 0 Å². The molecule has 0 saturated carbocycles. The maximum absolute atomic E-state index is 13.3. The Bertz CT molecular complexity index is 394. The van der Waals surface area contributed by atoms with Gasteiger partial charge in [-0.3, -0.25) is 4.99 Å². The van der Waals surface area contributed by atoms with Gasteiger partial charge in [0.2, 0.25) is 0 Å². The summed E-state index contributed by atoms with van der Waals surface area (Å²) < 4.78 is 14.2. The molecule has 1 heterocycles. The molecule has 0 aliphatic carbocycles. The quantitative estimate of drug-likeness (QED) is 0.314. The first-order valence-corrected chi connectivity index (χ1v) is 9.73. The fraction of sp³-hybridized carbons (Fsp3) is 0.714. The predicted molar refractivity (Wildman–Crippen MR) is 91.7 cm³/mol. The molecule has 0 aromatic heterocycles. The SMILES string of the molecule is CCCCC1(CCCC)N=C(SCSC#N)SC1=CF. The van der Waals surface area contributed by atoms with E-state index in [1.54, 1.807) is 11.8 Å². The number of rotatable bonds is 8. The topological polar surface area (TPSA) is 36.1 Å². The van der Waals surface area contributed by atoms with E-state index in [1.165, 1.54) is 23.5 Å². The maximum Gasteiger partial charge on any atom is 0.134 e. The van der Waals surface area contributed by atoms with Crippen LogP contribution < -0.4 is 0 Å². The number of nitrogens with zero attached hydrogens (tertiary/aromatic N) is 2. The van der Waals surface area contributed by atoms with Crippen LogP contribution in [-0.4, -0.2) is 15.0 Å². The number of hydrogen-bond donors (Lipinski definition) is 0. The summed E-state index contributed by atoms with van der Waals surface area (Å²) in [6.07, 6.45) is 6.90. The molecule has 1 aliphatic rings. The number of nitriles is 1. The molecule has 0 spiro atoms. The zero-order chi connectivity index (χ0) is 14.8. The molecule has 0 atom stereocenters. The average molecular weight is 333 g/mol. The third-order valence-electron chi connectivity index (χ3n) is 3.25. The van der Waals surface area contributed by atoms with E-state index in [2.05, 4.69) is 13.8 Å². The monoisotopic (exact) mass is 332 g/mol. The molecule has 2 nitrogen and oxygen atoms in total. The predicted octanol–water partition coefficient (Wildman–Crippen LogP) is 5.92. The van der Waals surface area contributed by atoms with Crippen molar-refractivity contribution in [2.24, 2.45) is 4.99 Å². The van der Waals surface area contributed by atoms with Gasteiger partial charge in [0.05, 0.1) is 17.0 Å². The molecular weight excluding hydrogens is 311 g/mol. The largest absolute Gasteiger partial charge is 0.259 e. The lowest BCUT2D eigenvalue weighted by atomic mass is 9.87. The van der Waals surface area contributed by atoms with Gasteiger partial charge in [0.15, 0.2) is 0 Å². The van der Waals surface area contributed by atoms with Gasteiger partial charge < -0.3 is 0 Å². The molecule has 0 radical (unpaired) electrons. The van der Waals surface area contributed by atoms with E-state index in [0.29, 0.717) is 5.08 Å². The molecule has 0 saturated heterocycles. The zero-order valence-corrected chi connectivity index (χ0v) is 14.5. The number of thioether (sulfide) groups is 3. The van der Waals surface area contributed by atoms with Gasteiger partial charge in [-0.2, -0.15) is 5.26 Å². The molecule has 0 unspecified atom stereocenters. The van der Waals surface area contributed by atoms with Crippen molar-refractivity contribution >= 4 is 39.7 Å². The summed E-state index contributed by atoms with van der Waals surface area (Å²) >= 11 is 4.19. The van der Waals surface area contributed by atoms with Crippen molar-refractivity contribution in [2.45, 2.75) is 57.9 Å². The Labute approximate surface area is 134 Å². The van der Waals surface area contributed by atoms with Crippen molar-refractivity contribution in [3.8, 4) is 5.40 Å². The second-order valence-electron chi connectivity index (χ2n) is 4.69. The molecule has 0 N–H and O–H groups in total. The number of hydrogen-bond acceptors (Lipinski definition) is 5. The van der Waals surface area contributed by atoms with Gasteiger partial charge in [0.1, 0.15) is 9.78 Å². The van der Waals surface area contributed by atoms with Crippen LogP contribution in [0.3, 0.4) is 0 Å². The number of unbranched alkanes of at least 4 members (excludes halogenated alkanes) is 2. The normalized spacial score (nSPS) is 19.1. The molecule has 1 rings (SSSR count). The molecule has 1 aliphatic heterocycles. The van der Waals surface area contributed by atoms with Crippen molar-refractivity contribution in [1.29, 1.82) is 5.26 Å². The van der Waals surface area contributed by atoms with Gasteiger partial charge in [-0.1, -0.05) is 63.1 Å². The van der Waals surface area contributed by atoms with Gasteiger partial charge in [-0.15, -0.1) is 0 Å². The highest BCUT2D eigenvalue weighted by molar-refractivity contribution is 8.43. The van der Waals surface area contributed by atoms with E-state index >= 15 is 0 Å². The third kappa shape index (κ3) is 5.01. The van der Waals surface area contributed by atoms with E-state index in [9.17, 15) is 4.39 Å². The van der Waals surface area contributed by atoms with Crippen LogP contribution in [0.1, 0.15) is 52.4 Å². The van der Waals surface area contributed by atoms with Crippen LogP contribution in [0.2, 0.25) is 0 Å². The van der Waals surface area contributed by atoms with Gasteiger partial charge in [0, 0.05) is 4.91 Å². The molecule has 20 heavy (non-hydrogen) atoms. The summed E-state index contributed by atoms with van der Waals surface area (Å²) in [4.78, 5) is 5.58. The lowest BCUT2D eigenvalue weighted by Crippen LogP contribution is -2.25. The van der Waals surface area contributed by atoms with Crippen LogP contribution in [0.25, 0.3) is 0 Å². The number of halogens is 1. The Morgan fingerprint density at radius 1 is 1.35 bits per heavy atom. The van der Waals surface area contributed by atoms with Crippen molar-refractivity contribution in [3.05, 3.63) is 11.2 Å². The molecule has 112 valence electrons. The Morgan fingerprint density at radius 2 is 2.00 bits per heavy atom. The van der Waals surface area contributed by atoms with Crippen LogP contribution in [-0.2, 0) is 0 Å². The van der Waals surface area contributed by atoms with Gasteiger partial charge in [-0.25, -0.2) is 4.39 Å². The Hall–Kier alpha value is -0.120. The van der Waals surface area contributed by atoms with Crippen molar-refractivity contribution < 1.29 is 4.39 Å². The van der Waals surface area contributed by atoms with Crippen LogP contribution in [0.4, 0.5) is 4.39 Å².